The van der Waals surface area contributed by atoms with Gasteiger partial charge in [0.15, 0.2) is 6.29 Å². The highest BCUT2D eigenvalue weighted by Gasteiger charge is 2.26. The van der Waals surface area contributed by atoms with E-state index in [4.69, 9.17) is 9.47 Å². The highest BCUT2D eigenvalue weighted by Crippen LogP contribution is 2.28. The minimum atomic E-state index is -0.230. The van der Waals surface area contributed by atoms with Crippen LogP contribution < -0.4 is 0 Å². The van der Waals surface area contributed by atoms with Crippen molar-refractivity contribution in [1.82, 2.24) is 0 Å². The van der Waals surface area contributed by atoms with Crippen molar-refractivity contribution in [1.29, 1.82) is 0 Å². The summed E-state index contributed by atoms with van der Waals surface area (Å²) in [6.45, 7) is 1.37. The van der Waals surface area contributed by atoms with E-state index in [9.17, 15) is 5.11 Å². The molecule has 0 amide bonds. The molecule has 0 bridgehead atoms. The first kappa shape index (κ1) is 11.4. The van der Waals surface area contributed by atoms with Crippen molar-refractivity contribution in [3.05, 3.63) is 0 Å². The molecule has 1 saturated heterocycles. The van der Waals surface area contributed by atoms with Gasteiger partial charge >= 0.3 is 0 Å². The molecule has 1 atom stereocenters. The zero-order chi connectivity index (χ0) is 10.5. The van der Waals surface area contributed by atoms with Crippen LogP contribution in [0.4, 0.5) is 0 Å². The maximum atomic E-state index is 10.1. The molecule has 88 valence electrons. The van der Waals surface area contributed by atoms with Gasteiger partial charge in [0.05, 0.1) is 19.3 Å². The molecule has 1 saturated carbocycles. The summed E-state index contributed by atoms with van der Waals surface area (Å²) in [6, 6.07) is 0. The average Bonchev–Trinajstić information content (AvgIpc) is 2.58. The Morgan fingerprint density at radius 1 is 1.00 bits per heavy atom. The molecule has 1 aliphatic heterocycles. The van der Waals surface area contributed by atoms with Gasteiger partial charge in [0.2, 0.25) is 0 Å². The Morgan fingerprint density at radius 2 is 1.60 bits per heavy atom. The van der Waals surface area contributed by atoms with Crippen molar-refractivity contribution >= 4 is 0 Å². The first-order valence-electron chi connectivity index (χ1n) is 6.27. The summed E-state index contributed by atoms with van der Waals surface area (Å²) < 4.78 is 10.7. The molecular weight excluding hydrogens is 192 g/mol. The predicted octanol–water partition coefficient (Wildman–Crippen LogP) is 2.08. The van der Waals surface area contributed by atoms with Crippen LogP contribution in [-0.2, 0) is 9.47 Å². The first-order valence-corrected chi connectivity index (χ1v) is 6.27. The molecule has 2 aliphatic rings. The van der Waals surface area contributed by atoms with Crippen molar-refractivity contribution in [3.8, 4) is 0 Å². The number of rotatable bonds is 3. The zero-order valence-electron chi connectivity index (χ0n) is 9.36. The van der Waals surface area contributed by atoms with Crippen molar-refractivity contribution < 1.29 is 14.6 Å². The van der Waals surface area contributed by atoms with E-state index >= 15 is 0 Å². The van der Waals surface area contributed by atoms with Gasteiger partial charge in [-0.15, -0.1) is 0 Å². The average molecular weight is 214 g/mol. The normalized spacial score (nSPS) is 27.8. The van der Waals surface area contributed by atoms with Gasteiger partial charge in [0.25, 0.3) is 0 Å². The third-order valence-corrected chi connectivity index (χ3v) is 3.57. The molecule has 0 spiro atoms. The largest absolute Gasteiger partial charge is 0.393 e. The zero-order valence-corrected chi connectivity index (χ0v) is 9.36. The van der Waals surface area contributed by atoms with E-state index in [0.717, 1.165) is 0 Å². The Balaban J connectivity index is 1.74. The lowest BCUT2D eigenvalue weighted by Gasteiger charge is -2.23. The smallest absolute Gasteiger partial charge is 0.160 e. The molecule has 1 aliphatic carbocycles. The third-order valence-electron chi connectivity index (χ3n) is 3.57. The van der Waals surface area contributed by atoms with Gasteiger partial charge < -0.3 is 14.6 Å². The van der Waals surface area contributed by atoms with Crippen LogP contribution in [0.25, 0.3) is 0 Å². The van der Waals surface area contributed by atoms with Gasteiger partial charge in [-0.25, -0.2) is 0 Å². The summed E-state index contributed by atoms with van der Waals surface area (Å²) in [5.41, 5.74) is 0. The van der Waals surface area contributed by atoms with Crippen molar-refractivity contribution in [2.24, 2.45) is 5.92 Å². The second-order valence-electron chi connectivity index (χ2n) is 4.73. The molecule has 0 radical (unpaired) electrons. The fourth-order valence-electron chi connectivity index (χ4n) is 2.63. The molecule has 0 aromatic heterocycles. The molecule has 15 heavy (non-hydrogen) atoms. The lowest BCUT2D eigenvalue weighted by Crippen LogP contribution is -2.26. The number of aliphatic hydroxyl groups excluding tert-OH is 1. The SMILES string of the molecule is OC(CC1OCCO1)C1CCCCCC1. The van der Waals surface area contributed by atoms with Crippen LogP contribution in [0.15, 0.2) is 0 Å². The van der Waals surface area contributed by atoms with Crippen molar-refractivity contribution in [2.45, 2.75) is 57.3 Å². The second kappa shape index (κ2) is 5.83. The van der Waals surface area contributed by atoms with E-state index in [1.165, 1.54) is 38.5 Å². The minimum Gasteiger partial charge on any atom is -0.393 e. The van der Waals surface area contributed by atoms with E-state index in [-0.39, 0.29) is 12.4 Å². The fourth-order valence-corrected chi connectivity index (χ4v) is 2.63. The Labute approximate surface area is 91.8 Å². The summed E-state index contributed by atoms with van der Waals surface area (Å²) in [4.78, 5) is 0. The molecule has 0 aromatic rings. The summed E-state index contributed by atoms with van der Waals surface area (Å²) in [5, 5.41) is 10.1. The number of hydrogen-bond acceptors (Lipinski definition) is 3. The van der Waals surface area contributed by atoms with E-state index in [2.05, 4.69) is 0 Å². The lowest BCUT2D eigenvalue weighted by atomic mass is 9.92. The Bertz CT molecular complexity index is 170. The topological polar surface area (TPSA) is 38.7 Å². The minimum absolute atomic E-state index is 0.150. The molecular formula is C12H22O3. The first-order chi connectivity index (χ1) is 7.36. The molecule has 3 heteroatoms. The van der Waals surface area contributed by atoms with Crippen LogP contribution in [0, 0.1) is 5.92 Å². The molecule has 2 fully saturated rings. The van der Waals surface area contributed by atoms with Gasteiger partial charge in [0.1, 0.15) is 0 Å². The van der Waals surface area contributed by atoms with Crippen molar-refractivity contribution in [3.63, 3.8) is 0 Å². The highest BCUT2D eigenvalue weighted by atomic mass is 16.7. The number of ether oxygens (including phenoxy) is 2. The van der Waals surface area contributed by atoms with Crippen LogP contribution in [0.2, 0.25) is 0 Å². The quantitative estimate of drug-likeness (QED) is 0.731. The van der Waals surface area contributed by atoms with E-state index in [1.807, 2.05) is 0 Å². The van der Waals surface area contributed by atoms with Crippen LogP contribution in [0.1, 0.15) is 44.9 Å². The lowest BCUT2D eigenvalue weighted by molar-refractivity contribution is -0.0802. The molecule has 2 rings (SSSR count). The number of aliphatic hydroxyl groups is 1. The Kier molecular flexibility index (Phi) is 4.42. The third kappa shape index (κ3) is 3.44. The summed E-state index contributed by atoms with van der Waals surface area (Å²) >= 11 is 0. The van der Waals surface area contributed by atoms with Gasteiger partial charge in [-0.05, 0) is 18.8 Å². The maximum Gasteiger partial charge on any atom is 0.160 e. The van der Waals surface area contributed by atoms with Crippen LogP contribution in [0.5, 0.6) is 0 Å². The standard InChI is InChI=1S/C12H22O3/c13-11(9-12-14-7-8-15-12)10-5-3-1-2-4-6-10/h10-13H,1-9H2. The van der Waals surface area contributed by atoms with Crippen LogP contribution in [0.3, 0.4) is 0 Å². The second-order valence-corrected chi connectivity index (χ2v) is 4.73. The highest BCUT2D eigenvalue weighted by molar-refractivity contribution is 4.74. The number of hydrogen-bond donors (Lipinski definition) is 1. The van der Waals surface area contributed by atoms with E-state index < -0.39 is 0 Å². The Hall–Kier alpha value is -0.120. The van der Waals surface area contributed by atoms with Gasteiger partial charge in [0, 0.05) is 6.42 Å². The summed E-state index contributed by atoms with van der Waals surface area (Å²) in [6.07, 6.45) is 7.84. The van der Waals surface area contributed by atoms with E-state index in [1.54, 1.807) is 0 Å². The monoisotopic (exact) mass is 214 g/mol. The Morgan fingerprint density at radius 3 is 2.20 bits per heavy atom. The fraction of sp³-hybridized carbons (Fsp3) is 1.00. The van der Waals surface area contributed by atoms with E-state index in [0.29, 0.717) is 25.6 Å². The predicted molar refractivity (Wildman–Crippen MR) is 57.5 cm³/mol. The molecule has 1 N–H and O–H groups in total. The van der Waals surface area contributed by atoms with Gasteiger partial charge in [-0.2, -0.15) is 0 Å². The van der Waals surface area contributed by atoms with Crippen molar-refractivity contribution in [2.75, 3.05) is 13.2 Å². The molecule has 3 nitrogen and oxygen atoms in total. The molecule has 1 heterocycles. The summed E-state index contributed by atoms with van der Waals surface area (Å²) in [7, 11) is 0. The molecule has 0 aromatic carbocycles. The van der Waals surface area contributed by atoms with Gasteiger partial charge in [-0.3, -0.25) is 0 Å². The summed E-state index contributed by atoms with van der Waals surface area (Å²) in [5.74, 6) is 0.472. The maximum absolute atomic E-state index is 10.1. The van der Waals surface area contributed by atoms with Crippen LogP contribution >= 0.6 is 0 Å². The van der Waals surface area contributed by atoms with Gasteiger partial charge in [-0.1, -0.05) is 25.7 Å². The van der Waals surface area contributed by atoms with Crippen LogP contribution in [-0.4, -0.2) is 30.7 Å². The molecule has 1 unspecified atom stereocenters.